The maximum Gasteiger partial charge on any atom is 0.416 e. The van der Waals surface area contributed by atoms with Crippen LogP contribution in [0.2, 0.25) is 0 Å². The van der Waals surface area contributed by atoms with Crippen molar-refractivity contribution in [3.8, 4) is 0 Å². The van der Waals surface area contributed by atoms with E-state index in [0.717, 1.165) is 62.7 Å². The lowest BCUT2D eigenvalue weighted by atomic mass is 9.81. The van der Waals surface area contributed by atoms with Gasteiger partial charge in [-0.05, 0) is 98.8 Å². The summed E-state index contributed by atoms with van der Waals surface area (Å²) in [5.74, 6) is 0.588. The number of hydrogen-bond acceptors (Lipinski definition) is 1. The van der Waals surface area contributed by atoms with Gasteiger partial charge in [-0.25, -0.2) is 0 Å². The molecule has 8 heteroatoms. The Balaban J connectivity index is 0.000000240. The molecule has 1 saturated heterocycles. The molecule has 0 aromatic heterocycles. The number of hydrogen-bond donors (Lipinski definition) is 1. The summed E-state index contributed by atoms with van der Waals surface area (Å²) in [5, 5.41) is 3.23. The summed E-state index contributed by atoms with van der Waals surface area (Å²) in [7, 11) is 0. The molecule has 0 unspecified atom stereocenters. The lowest BCUT2D eigenvalue weighted by Crippen LogP contribution is -2.27. The van der Waals surface area contributed by atoms with Crippen LogP contribution < -0.4 is 5.32 Å². The number of halogens is 7. The summed E-state index contributed by atoms with van der Waals surface area (Å²) < 4.78 is 76.7. The van der Waals surface area contributed by atoms with E-state index in [0.29, 0.717) is 17.0 Å². The van der Waals surface area contributed by atoms with Crippen molar-refractivity contribution in [2.24, 2.45) is 0 Å². The van der Waals surface area contributed by atoms with Crippen molar-refractivity contribution in [1.82, 2.24) is 5.32 Å². The molecule has 0 bridgehead atoms. The lowest BCUT2D eigenvalue weighted by Gasteiger charge is -2.25. The van der Waals surface area contributed by atoms with Crippen molar-refractivity contribution in [3.05, 3.63) is 69.8 Å². The molecule has 196 valence electrons. The van der Waals surface area contributed by atoms with Crippen molar-refractivity contribution in [2.45, 2.75) is 83.0 Å². The number of alkyl halides is 6. The van der Waals surface area contributed by atoms with Gasteiger partial charge in [-0.15, -0.1) is 12.4 Å². The fraction of sp³-hybridized carbons (Fsp3) is 0.556. The fourth-order valence-electron chi connectivity index (χ4n) is 5.35. The van der Waals surface area contributed by atoms with Crippen LogP contribution in [0.4, 0.5) is 26.3 Å². The predicted octanol–water partition coefficient (Wildman–Crippen LogP) is 8.96. The molecular formula is C27H34ClF6N. The molecule has 2 aromatic rings. The van der Waals surface area contributed by atoms with Crippen LogP contribution in [0.3, 0.4) is 0 Å². The van der Waals surface area contributed by atoms with E-state index >= 15 is 0 Å². The molecule has 0 spiro atoms. The van der Waals surface area contributed by atoms with Crippen LogP contribution in [0.15, 0.2) is 36.4 Å². The first-order chi connectivity index (χ1) is 16.0. The molecule has 0 radical (unpaired) electrons. The molecule has 35 heavy (non-hydrogen) atoms. The summed E-state index contributed by atoms with van der Waals surface area (Å²) in [5.41, 5.74) is 1.62. The van der Waals surface area contributed by atoms with E-state index in [4.69, 9.17) is 0 Å². The molecule has 1 aliphatic carbocycles. The molecular weight excluding hydrogens is 488 g/mol. The third kappa shape index (κ3) is 7.63. The summed E-state index contributed by atoms with van der Waals surface area (Å²) in [4.78, 5) is 0. The molecule has 1 heterocycles. The van der Waals surface area contributed by atoms with Crippen molar-refractivity contribution in [1.29, 1.82) is 0 Å². The SMILES string of the molecule is Cc1c(C2CCCCC2)cccc1C(F)(F)F.Cc1c(C2CCNCC2)cccc1C(F)(F)F.Cl. The molecule has 2 aliphatic rings. The minimum absolute atomic E-state index is 0. The van der Waals surface area contributed by atoms with Crippen LogP contribution in [-0.4, -0.2) is 13.1 Å². The number of piperidine rings is 1. The molecule has 1 N–H and O–H groups in total. The molecule has 0 amide bonds. The van der Waals surface area contributed by atoms with Gasteiger partial charge in [0.1, 0.15) is 0 Å². The Morgan fingerprint density at radius 3 is 1.43 bits per heavy atom. The molecule has 4 rings (SSSR count). The van der Waals surface area contributed by atoms with Gasteiger partial charge < -0.3 is 5.32 Å². The van der Waals surface area contributed by atoms with Gasteiger partial charge in [0.15, 0.2) is 0 Å². The van der Waals surface area contributed by atoms with E-state index in [1.165, 1.54) is 24.6 Å². The zero-order chi connectivity index (χ0) is 24.9. The number of nitrogens with one attached hydrogen (secondary N) is 1. The van der Waals surface area contributed by atoms with Crippen LogP contribution >= 0.6 is 12.4 Å². The standard InChI is InChI=1S/C14H17F3.C13H16F3N.ClH/c1-10-12(11-6-3-2-4-7-11)8-5-9-13(10)14(15,16)17;1-9-11(10-5-7-17-8-6-10)3-2-4-12(9)13(14,15)16;/h5,8-9,11H,2-4,6-7H2,1H3;2-4,10,17H,5-8H2,1H3;1H. The zero-order valence-electron chi connectivity index (χ0n) is 20.2. The van der Waals surface area contributed by atoms with Crippen molar-refractivity contribution < 1.29 is 26.3 Å². The number of rotatable bonds is 2. The summed E-state index contributed by atoms with van der Waals surface area (Å²) >= 11 is 0. The van der Waals surface area contributed by atoms with Crippen LogP contribution in [0.5, 0.6) is 0 Å². The van der Waals surface area contributed by atoms with Crippen molar-refractivity contribution >= 4 is 12.4 Å². The Morgan fingerprint density at radius 2 is 1.03 bits per heavy atom. The summed E-state index contributed by atoms with van der Waals surface area (Å²) in [6.07, 6.45) is -1.08. The van der Waals surface area contributed by atoms with E-state index in [1.807, 2.05) is 12.1 Å². The molecule has 1 nitrogen and oxygen atoms in total. The highest BCUT2D eigenvalue weighted by Gasteiger charge is 2.34. The Hall–Kier alpha value is -1.73. The highest BCUT2D eigenvalue weighted by Crippen LogP contribution is 2.39. The van der Waals surface area contributed by atoms with Gasteiger partial charge in [-0.3, -0.25) is 0 Å². The fourth-order valence-corrected chi connectivity index (χ4v) is 5.35. The van der Waals surface area contributed by atoms with E-state index < -0.39 is 23.5 Å². The van der Waals surface area contributed by atoms with Gasteiger partial charge >= 0.3 is 12.4 Å². The molecule has 0 atom stereocenters. The highest BCUT2D eigenvalue weighted by molar-refractivity contribution is 5.85. The average molecular weight is 522 g/mol. The van der Waals surface area contributed by atoms with Gasteiger partial charge in [-0.2, -0.15) is 26.3 Å². The minimum Gasteiger partial charge on any atom is -0.317 e. The normalized spacial score (nSPS) is 17.8. The van der Waals surface area contributed by atoms with Gasteiger partial charge in [0.25, 0.3) is 0 Å². The second-order valence-corrected chi connectivity index (χ2v) is 9.39. The Bertz CT molecular complexity index is 864. The smallest absolute Gasteiger partial charge is 0.317 e. The Morgan fingerprint density at radius 1 is 0.629 bits per heavy atom. The lowest BCUT2D eigenvalue weighted by molar-refractivity contribution is -0.139. The third-order valence-corrected chi connectivity index (χ3v) is 7.19. The van der Waals surface area contributed by atoms with Crippen LogP contribution in [-0.2, 0) is 12.4 Å². The molecule has 1 saturated carbocycles. The van der Waals surface area contributed by atoms with Crippen molar-refractivity contribution in [3.63, 3.8) is 0 Å². The van der Waals surface area contributed by atoms with Crippen molar-refractivity contribution in [2.75, 3.05) is 13.1 Å². The number of benzene rings is 2. The molecule has 1 aliphatic heterocycles. The largest absolute Gasteiger partial charge is 0.416 e. The van der Waals surface area contributed by atoms with Crippen LogP contribution in [0, 0.1) is 13.8 Å². The van der Waals surface area contributed by atoms with Crippen LogP contribution in [0.25, 0.3) is 0 Å². The van der Waals surface area contributed by atoms with E-state index in [2.05, 4.69) is 5.32 Å². The summed E-state index contributed by atoms with van der Waals surface area (Å²) in [6.45, 7) is 4.97. The maximum absolute atomic E-state index is 12.8. The van der Waals surface area contributed by atoms with Crippen LogP contribution in [0.1, 0.15) is 90.2 Å². The van der Waals surface area contributed by atoms with Gasteiger partial charge in [0.05, 0.1) is 11.1 Å². The second-order valence-electron chi connectivity index (χ2n) is 9.39. The molecule has 2 aromatic carbocycles. The van der Waals surface area contributed by atoms with Gasteiger partial charge in [0, 0.05) is 0 Å². The first kappa shape index (κ1) is 29.5. The van der Waals surface area contributed by atoms with Gasteiger partial charge in [-0.1, -0.05) is 43.5 Å². The molecule has 2 fully saturated rings. The first-order valence-corrected chi connectivity index (χ1v) is 12.0. The third-order valence-electron chi connectivity index (χ3n) is 7.19. The highest BCUT2D eigenvalue weighted by atomic mass is 35.5. The summed E-state index contributed by atoms with van der Waals surface area (Å²) in [6, 6.07) is 9.11. The van der Waals surface area contributed by atoms with Gasteiger partial charge in [0.2, 0.25) is 0 Å². The quantitative estimate of drug-likeness (QED) is 0.389. The average Bonchev–Trinajstić information content (AvgIpc) is 2.79. The van der Waals surface area contributed by atoms with E-state index in [9.17, 15) is 26.3 Å². The first-order valence-electron chi connectivity index (χ1n) is 12.0. The topological polar surface area (TPSA) is 12.0 Å². The Labute approximate surface area is 210 Å². The predicted molar refractivity (Wildman–Crippen MR) is 130 cm³/mol. The van der Waals surface area contributed by atoms with E-state index in [1.54, 1.807) is 19.9 Å². The monoisotopic (exact) mass is 521 g/mol. The maximum atomic E-state index is 12.8. The second kappa shape index (κ2) is 12.5. The van der Waals surface area contributed by atoms with E-state index in [-0.39, 0.29) is 18.3 Å². The minimum atomic E-state index is -4.24. The zero-order valence-corrected chi connectivity index (χ0v) is 21.0. The Kier molecular flexibility index (Phi) is 10.5.